The Bertz CT molecular complexity index is 282. The van der Waals surface area contributed by atoms with Crippen LogP contribution in [-0.2, 0) is 13.9 Å². The zero-order valence-electron chi connectivity index (χ0n) is 12.2. The summed E-state index contributed by atoms with van der Waals surface area (Å²) >= 11 is 17.7. The Morgan fingerprint density at radius 1 is 1.14 bits per heavy atom. The van der Waals surface area contributed by atoms with Gasteiger partial charge in [0, 0.05) is 5.41 Å². The van der Waals surface area contributed by atoms with Gasteiger partial charge in [-0.25, -0.2) is 0 Å². The molecule has 0 aliphatic rings. The number of carbonyl (C=O) groups is 2. The van der Waals surface area contributed by atoms with Crippen LogP contribution in [0.3, 0.4) is 0 Å². The molecule has 0 bridgehead atoms. The number of aliphatic hydroxyl groups is 1. The van der Waals surface area contributed by atoms with E-state index in [1.807, 2.05) is 0 Å². The summed E-state index contributed by atoms with van der Waals surface area (Å²) in [5, 5.41) is 23.4. The topological polar surface area (TPSA) is 104 Å². The molecule has 0 amide bonds. The Hall–Kier alpha value is 0.140. The van der Waals surface area contributed by atoms with Crippen molar-refractivity contribution < 1.29 is 29.2 Å². The predicted molar refractivity (Wildman–Crippen MR) is 89.6 cm³/mol. The van der Waals surface area contributed by atoms with Crippen LogP contribution in [-0.4, -0.2) is 49.9 Å². The number of carboxylic acids is 2. The number of halogens is 2. The molecule has 0 rings (SSSR count). The van der Waals surface area contributed by atoms with E-state index in [1.165, 1.54) is 13.8 Å². The molecule has 3 unspecified atom stereocenters. The number of alkyl halides is 1. The van der Waals surface area contributed by atoms with E-state index in [4.69, 9.17) is 38.8 Å². The summed E-state index contributed by atoms with van der Waals surface area (Å²) in [6.07, 6.45) is 0. The minimum absolute atomic E-state index is 0.0477. The molecule has 0 radical (unpaired) electrons. The largest absolute Gasteiger partial charge is 0.480 e. The average molecular weight is 385 g/mol. The molecule has 10 heteroatoms. The molecule has 0 saturated carbocycles. The first-order valence-electron chi connectivity index (χ1n) is 5.67. The van der Waals surface area contributed by atoms with Gasteiger partial charge in [-0.2, -0.15) is 25.3 Å². The molecule has 0 heterocycles. The van der Waals surface area contributed by atoms with Gasteiger partial charge in [-0.15, -0.1) is 0 Å². The van der Waals surface area contributed by atoms with Crippen molar-refractivity contribution in [2.45, 2.75) is 43.8 Å². The molecule has 0 saturated heterocycles. The molecule has 0 aromatic carbocycles. The molecule has 0 fully saturated rings. The van der Waals surface area contributed by atoms with Gasteiger partial charge >= 0.3 is 11.9 Å². The van der Waals surface area contributed by atoms with Gasteiger partial charge < -0.3 is 15.3 Å². The van der Waals surface area contributed by atoms with Gasteiger partial charge in [-0.3, -0.25) is 13.9 Å². The molecular weight excluding hydrogens is 363 g/mol. The number of carboxylic acid groups (broad SMARTS) is 2. The van der Waals surface area contributed by atoms with Crippen molar-refractivity contribution in [3.63, 3.8) is 0 Å². The van der Waals surface area contributed by atoms with Crippen LogP contribution in [0, 0.1) is 5.41 Å². The van der Waals surface area contributed by atoms with Gasteiger partial charge in [0.15, 0.2) is 5.56 Å². The van der Waals surface area contributed by atoms with Crippen LogP contribution in [0.1, 0.15) is 27.7 Å². The fourth-order valence-corrected chi connectivity index (χ4v) is 0.503. The lowest BCUT2D eigenvalue weighted by Gasteiger charge is -2.24. The number of rotatable bonds is 5. The summed E-state index contributed by atoms with van der Waals surface area (Å²) in [6.45, 7) is 6.48. The average Bonchev–Trinajstić information content (AvgIpc) is 2.38. The number of thiol groups is 2. The van der Waals surface area contributed by atoms with E-state index >= 15 is 0 Å². The fourth-order valence-electron chi connectivity index (χ4n) is 0.192. The third-order valence-corrected chi connectivity index (χ3v) is 3.21. The second kappa shape index (κ2) is 13.8. The van der Waals surface area contributed by atoms with E-state index in [2.05, 4.69) is 29.5 Å². The van der Waals surface area contributed by atoms with Crippen LogP contribution in [0.4, 0.5) is 0 Å². The van der Waals surface area contributed by atoms with Gasteiger partial charge in [-0.1, -0.05) is 25.4 Å². The minimum atomic E-state index is -0.877. The van der Waals surface area contributed by atoms with Gasteiger partial charge in [0.1, 0.15) is 0 Å². The Kier molecular flexibility index (Phi) is 17.1. The van der Waals surface area contributed by atoms with Crippen LogP contribution in [0.15, 0.2) is 0 Å². The molecule has 0 aliphatic carbocycles. The van der Waals surface area contributed by atoms with E-state index in [0.29, 0.717) is 0 Å². The second-order valence-corrected chi connectivity index (χ2v) is 6.70. The number of hydrogen-bond acceptors (Lipinski definition) is 6. The molecule has 0 aliphatic heterocycles. The highest BCUT2D eigenvalue weighted by Crippen LogP contribution is 2.26. The summed E-state index contributed by atoms with van der Waals surface area (Å²) < 4.78 is 4.28. The van der Waals surface area contributed by atoms with Crippen LogP contribution < -0.4 is 0 Å². The van der Waals surface area contributed by atoms with E-state index in [0.717, 1.165) is 0 Å². The third kappa shape index (κ3) is 18.1. The Labute approximate surface area is 145 Å². The quantitative estimate of drug-likeness (QED) is 0.368. The number of aliphatic hydroxyl groups excluding tert-OH is 1. The molecule has 128 valence electrons. The standard InChI is InChI=1S/C5H10Cl2O2.2C3H6O2S/c1-5(2,3-8)4(6)9-7;2*1-2(6)3(4)5/h4,8H,3H2,1-2H3;2*2,6H,1H3,(H,4,5). The normalized spacial score (nSPS) is 14.5. The van der Waals surface area contributed by atoms with E-state index in [9.17, 15) is 9.59 Å². The maximum atomic E-state index is 9.62. The predicted octanol–water partition coefficient (Wildman–Crippen LogP) is 2.52. The maximum absolute atomic E-state index is 9.62. The zero-order valence-corrected chi connectivity index (χ0v) is 15.5. The van der Waals surface area contributed by atoms with Crippen LogP contribution in [0.5, 0.6) is 0 Å². The SMILES string of the molecule is CC(C)(CO)C(Cl)OCl.CC(S)C(=O)O.CC(S)C(=O)O. The lowest BCUT2D eigenvalue weighted by Crippen LogP contribution is -2.28. The Balaban J connectivity index is -0.000000240. The van der Waals surface area contributed by atoms with E-state index < -0.39 is 33.4 Å². The van der Waals surface area contributed by atoms with Crippen molar-refractivity contribution in [3.05, 3.63) is 0 Å². The van der Waals surface area contributed by atoms with Gasteiger partial charge in [-0.05, 0) is 13.8 Å². The Morgan fingerprint density at radius 2 is 1.38 bits per heavy atom. The molecule has 6 nitrogen and oxygen atoms in total. The van der Waals surface area contributed by atoms with E-state index in [1.54, 1.807) is 13.8 Å². The van der Waals surface area contributed by atoms with Crippen LogP contribution >= 0.6 is 48.7 Å². The van der Waals surface area contributed by atoms with Crippen molar-refractivity contribution in [2.75, 3.05) is 6.61 Å². The molecule has 0 spiro atoms. The maximum Gasteiger partial charge on any atom is 0.316 e. The highest BCUT2D eigenvalue weighted by Gasteiger charge is 2.27. The monoisotopic (exact) mass is 384 g/mol. The van der Waals surface area contributed by atoms with Gasteiger partial charge in [0.05, 0.1) is 29.0 Å². The lowest BCUT2D eigenvalue weighted by atomic mass is 9.96. The van der Waals surface area contributed by atoms with Crippen LogP contribution in [0.25, 0.3) is 0 Å². The molecule has 0 aromatic heterocycles. The Morgan fingerprint density at radius 3 is 1.43 bits per heavy atom. The molecule has 21 heavy (non-hydrogen) atoms. The van der Waals surface area contributed by atoms with Crippen molar-refractivity contribution in [1.29, 1.82) is 0 Å². The zero-order chi connectivity index (χ0) is 17.8. The first-order chi connectivity index (χ1) is 9.33. The minimum Gasteiger partial charge on any atom is -0.480 e. The fraction of sp³-hybridized carbons (Fsp3) is 0.818. The van der Waals surface area contributed by atoms with Crippen LogP contribution in [0.2, 0.25) is 0 Å². The van der Waals surface area contributed by atoms with Gasteiger partial charge in [0.25, 0.3) is 0 Å². The highest BCUT2D eigenvalue weighted by molar-refractivity contribution is 7.81. The van der Waals surface area contributed by atoms with Crippen molar-refractivity contribution in [1.82, 2.24) is 0 Å². The number of aliphatic carboxylic acids is 2. The van der Waals surface area contributed by atoms with Crippen molar-refractivity contribution in [2.24, 2.45) is 5.41 Å². The third-order valence-electron chi connectivity index (χ3n) is 1.81. The molecule has 3 atom stereocenters. The molecular formula is C11H22Cl2O6S2. The lowest BCUT2D eigenvalue weighted by molar-refractivity contribution is -0.137. The molecule has 3 N–H and O–H groups in total. The molecule has 0 aromatic rings. The van der Waals surface area contributed by atoms with Gasteiger partial charge in [0.2, 0.25) is 0 Å². The first kappa shape index (κ1) is 26.1. The summed E-state index contributed by atoms with van der Waals surface area (Å²) in [5.41, 5.74) is -1.13. The summed E-state index contributed by atoms with van der Waals surface area (Å²) in [4.78, 5) is 19.2. The second-order valence-electron chi connectivity index (χ2n) is 4.58. The number of hydrogen-bond donors (Lipinski definition) is 5. The van der Waals surface area contributed by atoms with Crippen molar-refractivity contribution >= 4 is 60.7 Å². The van der Waals surface area contributed by atoms with Crippen molar-refractivity contribution in [3.8, 4) is 0 Å². The highest BCUT2D eigenvalue weighted by atomic mass is 35.5. The van der Waals surface area contributed by atoms with E-state index in [-0.39, 0.29) is 6.61 Å². The summed E-state index contributed by atoms with van der Waals surface area (Å²) in [5.74, 6) is -1.75. The summed E-state index contributed by atoms with van der Waals surface area (Å²) in [7, 11) is 0. The first-order valence-corrected chi connectivity index (χ1v) is 7.45. The smallest absolute Gasteiger partial charge is 0.316 e. The summed E-state index contributed by atoms with van der Waals surface area (Å²) in [6, 6.07) is 0.